The van der Waals surface area contributed by atoms with Gasteiger partial charge in [0, 0.05) is 31.0 Å². The van der Waals surface area contributed by atoms with Crippen LogP contribution in [0.3, 0.4) is 0 Å². The predicted molar refractivity (Wildman–Crippen MR) is 98.8 cm³/mol. The van der Waals surface area contributed by atoms with Crippen molar-refractivity contribution in [3.8, 4) is 5.75 Å². The molecule has 0 radical (unpaired) electrons. The van der Waals surface area contributed by atoms with E-state index in [1.54, 1.807) is 23.4 Å². The Bertz CT molecular complexity index is 777. The summed E-state index contributed by atoms with van der Waals surface area (Å²) in [5.74, 6) is -0.443. The first kappa shape index (κ1) is 19.3. The van der Waals surface area contributed by atoms with Gasteiger partial charge in [-0.1, -0.05) is 6.07 Å². The average Bonchev–Trinajstić information content (AvgIpc) is 2.70. The van der Waals surface area contributed by atoms with Gasteiger partial charge in [0.2, 0.25) is 0 Å². The minimum Gasteiger partial charge on any atom is -0.493 e. The van der Waals surface area contributed by atoms with Crippen molar-refractivity contribution in [2.75, 3.05) is 26.2 Å². The van der Waals surface area contributed by atoms with Crippen molar-refractivity contribution in [3.05, 3.63) is 59.7 Å². The molecule has 6 nitrogen and oxygen atoms in total. The molecular weight excluding hydrogens is 349 g/mol. The Kier molecular flexibility index (Phi) is 6.03. The molecule has 1 fully saturated rings. The van der Waals surface area contributed by atoms with Crippen LogP contribution in [-0.2, 0) is 5.60 Å². The molecule has 1 amide bonds. The lowest BCUT2D eigenvalue weighted by molar-refractivity contribution is -0.0214. The number of aliphatic hydroxyl groups is 1. The first-order chi connectivity index (χ1) is 13.0. The van der Waals surface area contributed by atoms with Crippen molar-refractivity contribution in [2.45, 2.75) is 24.9 Å². The molecule has 1 aromatic carbocycles. The van der Waals surface area contributed by atoms with E-state index >= 15 is 0 Å². The lowest BCUT2D eigenvalue weighted by Gasteiger charge is -2.38. The summed E-state index contributed by atoms with van der Waals surface area (Å²) in [6.07, 6.45) is 4.73. The van der Waals surface area contributed by atoms with Crippen molar-refractivity contribution in [2.24, 2.45) is 5.73 Å². The van der Waals surface area contributed by atoms with E-state index in [2.05, 4.69) is 4.98 Å². The molecule has 0 saturated carbocycles. The van der Waals surface area contributed by atoms with E-state index < -0.39 is 11.4 Å². The van der Waals surface area contributed by atoms with Gasteiger partial charge in [-0.3, -0.25) is 9.78 Å². The summed E-state index contributed by atoms with van der Waals surface area (Å²) < 4.78 is 19.3. The third-order valence-corrected chi connectivity index (χ3v) is 4.85. The smallest absolute Gasteiger partial charge is 0.257 e. The lowest BCUT2D eigenvalue weighted by Crippen LogP contribution is -2.45. The van der Waals surface area contributed by atoms with Crippen LogP contribution >= 0.6 is 0 Å². The number of amides is 1. The van der Waals surface area contributed by atoms with E-state index in [0.717, 1.165) is 5.56 Å². The van der Waals surface area contributed by atoms with Crippen molar-refractivity contribution in [1.82, 2.24) is 9.88 Å². The van der Waals surface area contributed by atoms with E-state index in [4.69, 9.17) is 10.5 Å². The Morgan fingerprint density at radius 1 is 1.33 bits per heavy atom. The highest BCUT2D eigenvalue weighted by molar-refractivity contribution is 5.97. The Balaban J connectivity index is 1.71. The van der Waals surface area contributed by atoms with E-state index in [0.29, 0.717) is 51.3 Å². The highest BCUT2D eigenvalue weighted by Crippen LogP contribution is 2.33. The number of carbonyl (C=O) groups excluding carboxylic acids is 1. The van der Waals surface area contributed by atoms with Gasteiger partial charge >= 0.3 is 0 Å². The van der Waals surface area contributed by atoms with Gasteiger partial charge in [-0.2, -0.15) is 0 Å². The van der Waals surface area contributed by atoms with Gasteiger partial charge < -0.3 is 20.5 Å². The molecule has 0 aliphatic carbocycles. The molecule has 144 valence electrons. The molecule has 1 aliphatic rings. The van der Waals surface area contributed by atoms with Gasteiger partial charge in [0.15, 0.2) is 0 Å². The molecule has 7 heteroatoms. The monoisotopic (exact) mass is 373 g/mol. The van der Waals surface area contributed by atoms with Crippen LogP contribution in [0.2, 0.25) is 0 Å². The maximum Gasteiger partial charge on any atom is 0.257 e. The number of hydrogen-bond donors (Lipinski definition) is 2. The van der Waals surface area contributed by atoms with Crippen molar-refractivity contribution in [1.29, 1.82) is 0 Å². The van der Waals surface area contributed by atoms with Crippen LogP contribution in [0.1, 0.15) is 35.2 Å². The van der Waals surface area contributed by atoms with Crippen molar-refractivity contribution < 1.29 is 19.0 Å². The zero-order chi connectivity index (χ0) is 19.3. The number of ether oxygens (including phenoxy) is 1. The number of nitrogens with zero attached hydrogens (tertiary/aromatic N) is 2. The van der Waals surface area contributed by atoms with Gasteiger partial charge in [-0.15, -0.1) is 0 Å². The van der Waals surface area contributed by atoms with Crippen LogP contribution in [-0.4, -0.2) is 47.1 Å². The van der Waals surface area contributed by atoms with Crippen LogP contribution < -0.4 is 10.5 Å². The number of piperidine rings is 1. The highest BCUT2D eigenvalue weighted by Gasteiger charge is 2.36. The average molecular weight is 373 g/mol. The minimum atomic E-state index is -1.01. The fraction of sp³-hybridized carbons (Fsp3) is 0.400. The summed E-state index contributed by atoms with van der Waals surface area (Å²) in [5.41, 5.74) is 5.39. The molecule has 2 heterocycles. The minimum absolute atomic E-state index is 0.193. The molecule has 2 aromatic rings. The molecule has 1 saturated heterocycles. The number of aromatic nitrogens is 1. The number of nitrogens with two attached hydrogens (primary N) is 1. The topological polar surface area (TPSA) is 88.7 Å². The van der Waals surface area contributed by atoms with Crippen LogP contribution in [0, 0.1) is 5.82 Å². The summed E-state index contributed by atoms with van der Waals surface area (Å²) in [6, 6.07) is 7.55. The summed E-state index contributed by atoms with van der Waals surface area (Å²) in [7, 11) is 0. The molecule has 3 N–H and O–H groups in total. The number of benzene rings is 1. The zero-order valence-electron chi connectivity index (χ0n) is 15.1. The number of likely N-dealkylation sites (tertiary alicyclic amines) is 1. The third-order valence-electron chi connectivity index (χ3n) is 4.85. The van der Waals surface area contributed by atoms with Gasteiger partial charge in [-0.25, -0.2) is 4.39 Å². The van der Waals surface area contributed by atoms with Gasteiger partial charge in [0.25, 0.3) is 5.91 Å². The fourth-order valence-corrected chi connectivity index (χ4v) is 3.24. The molecule has 27 heavy (non-hydrogen) atoms. The lowest BCUT2D eigenvalue weighted by atomic mass is 9.85. The van der Waals surface area contributed by atoms with Crippen molar-refractivity contribution >= 4 is 5.91 Å². The largest absolute Gasteiger partial charge is 0.493 e. The van der Waals surface area contributed by atoms with Gasteiger partial charge in [-0.05, 0) is 50.1 Å². The van der Waals surface area contributed by atoms with E-state index in [-0.39, 0.29) is 11.5 Å². The first-order valence-corrected chi connectivity index (χ1v) is 9.08. The van der Waals surface area contributed by atoms with Gasteiger partial charge in [0.05, 0.1) is 17.8 Å². The summed E-state index contributed by atoms with van der Waals surface area (Å²) in [5, 5.41) is 10.9. The number of carbonyl (C=O) groups is 1. The molecular formula is C20H24FN3O3. The fourth-order valence-electron chi connectivity index (χ4n) is 3.24. The number of hydrogen-bond acceptors (Lipinski definition) is 5. The maximum absolute atomic E-state index is 13.7. The molecule has 1 aliphatic heterocycles. The van der Waals surface area contributed by atoms with Gasteiger partial charge in [0.1, 0.15) is 11.6 Å². The Labute approximate surface area is 157 Å². The van der Waals surface area contributed by atoms with E-state index in [1.807, 2.05) is 6.07 Å². The predicted octanol–water partition coefficient (Wildman–Crippen LogP) is 2.07. The Hall–Kier alpha value is -2.51. The van der Waals surface area contributed by atoms with E-state index in [1.165, 1.54) is 18.2 Å². The molecule has 0 unspecified atom stereocenters. The molecule has 1 aromatic heterocycles. The first-order valence-electron chi connectivity index (χ1n) is 9.08. The number of rotatable bonds is 6. The summed E-state index contributed by atoms with van der Waals surface area (Å²) in [6.45, 7) is 1.57. The second-order valence-electron chi connectivity index (χ2n) is 6.70. The van der Waals surface area contributed by atoms with Crippen LogP contribution in [0.25, 0.3) is 0 Å². The Morgan fingerprint density at radius 3 is 2.78 bits per heavy atom. The maximum atomic E-state index is 13.7. The second-order valence-corrected chi connectivity index (χ2v) is 6.70. The van der Waals surface area contributed by atoms with Crippen LogP contribution in [0.5, 0.6) is 5.75 Å². The zero-order valence-corrected chi connectivity index (χ0v) is 15.1. The molecule has 3 rings (SSSR count). The normalized spacial score (nSPS) is 16.2. The highest BCUT2D eigenvalue weighted by atomic mass is 19.1. The molecule has 0 bridgehead atoms. The molecule has 0 spiro atoms. The summed E-state index contributed by atoms with van der Waals surface area (Å²) in [4.78, 5) is 18.6. The Morgan fingerprint density at radius 2 is 2.11 bits per heavy atom. The number of halogens is 1. The number of pyridine rings is 1. The quantitative estimate of drug-likeness (QED) is 0.757. The SMILES string of the molecule is NCCCOc1ccc(F)cc1C(=O)N1CCC(O)(c2cccnc2)CC1. The van der Waals surface area contributed by atoms with Crippen molar-refractivity contribution in [3.63, 3.8) is 0 Å². The van der Waals surface area contributed by atoms with E-state index in [9.17, 15) is 14.3 Å². The molecule has 0 atom stereocenters. The summed E-state index contributed by atoms with van der Waals surface area (Å²) >= 11 is 0. The standard InChI is InChI=1S/C20H24FN3O3/c21-16-4-5-18(27-12-2-8-22)17(13-16)19(25)24-10-6-20(26,7-11-24)15-3-1-9-23-14-15/h1,3-5,9,13-14,26H,2,6-8,10-12,22H2. The third kappa shape index (κ3) is 4.43. The van der Waals surface area contributed by atoms with Crippen LogP contribution in [0.4, 0.5) is 4.39 Å². The van der Waals surface area contributed by atoms with Crippen LogP contribution in [0.15, 0.2) is 42.7 Å². The second kappa shape index (κ2) is 8.45.